The van der Waals surface area contributed by atoms with Gasteiger partial charge >= 0.3 is 5.97 Å². The van der Waals surface area contributed by atoms with Gasteiger partial charge in [0.1, 0.15) is 5.75 Å². The fraction of sp³-hybridized carbons (Fsp3) is 0.364. The molecule has 86 valence electrons. The number of rotatable bonds is 3. The van der Waals surface area contributed by atoms with Gasteiger partial charge < -0.3 is 14.2 Å². The van der Waals surface area contributed by atoms with Crippen molar-refractivity contribution in [1.29, 1.82) is 0 Å². The van der Waals surface area contributed by atoms with Gasteiger partial charge in [0.05, 0.1) is 0 Å². The lowest BCUT2D eigenvalue weighted by molar-refractivity contribution is -0.145. The minimum Gasteiger partial charge on any atom is -0.487 e. The van der Waals surface area contributed by atoms with Crippen LogP contribution in [0.15, 0.2) is 24.3 Å². The third-order valence-corrected chi connectivity index (χ3v) is 2.39. The topological polar surface area (TPSA) is 44.8 Å². The Morgan fingerprint density at radius 1 is 1.38 bits per heavy atom. The van der Waals surface area contributed by atoms with Gasteiger partial charge in [0, 0.05) is 5.02 Å². The Labute approximate surface area is 98.1 Å². The number of ether oxygens (including phenoxy) is 3. The standard InChI is InChI=1S/C11H11ClO4/c1-7-11(13)16-10(15-7)6-14-9-4-2-8(12)3-5-9/h2-5,7,10H,6H2,1H3/t7-,10+/m1/s1. The number of carbonyl (C=O) groups is 1. The first-order valence-corrected chi connectivity index (χ1v) is 5.27. The Kier molecular flexibility index (Phi) is 3.31. The molecular weight excluding hydrogens is 232 g/mol. The molecule has 1 aliphatic heterocycles. The number of hydrogen-bond donors (Lipinski definition) is 0. The second-order valence-corrected chi connectivity index (χ2v) is 3.85. The maximum absolute atomic E-state index is 11.0. The third kappa shape index (κ3) is 2.65. The molecule has 2 rings (SSSR count). The van der Waals surface area contributed by atoms with Gasteiger partial charge in [-0.05, 0) is 31.2 Å². The van der Waals surface area contributed by atoms with Crippen LogP contribution in [-0.4, -0.2) is 25.0 Å². The highest BCUT2D eigenvalue weighted by Gasteiger charge is 2.31. The molecule has 1 aromatic carbocycles. The first-order valence-electron chi connectivity index (χ1n) is 4.89. The van der Waals surface area contributed by atoms with Crippen LogP contribution in [-0.2, 0) is 14.3 Å². The van der Waals surface area contributed by atoms with Crippen LogP contribution < -0.4 is 4.74 Å². The van der Waals surface area contributed by atoms with Crippen molar-refractivity contribution in [1.82, 2.24) is 0 Å². The van der Waals surface area contributed by atoms with Crippen LogP contribution >= 0.6 is 11.6 Å². The van der Waals surface area contributed by atoms with E-state index in [1.807, 2.05) is 0 Å². The van der Waals surface area contributed by atoms with Crippen LogP contribution in [0.3, 0.4) is 0 Å². The molecule has 1 aliphatic rings. The summed E-state index contributed by atoms with van der Waals surface area (Å²) in [6, 6.07) is 6.92. The Hall–Kier alpha value is -1.26. The quantitative estimate of drug-likeness (QED) is 0.761. The molecule has 1 fully saturated rings. The second kappa shape index (κ2) is 4.72. The smallest absolute Gasteiger partial charge is 0.337 e. The van der Waals surface area contributed by atoms with Crippen molar-refractivity contribution < 1.29 is 19.0 Å². The van der Waals surface area contributed by atoms with E-state index in [2.05, 4.69) is 0 Å². The normalized spacial score (nSPS) is 24.2. The SMILES string of the molecule is C[C@H]1O[C@H](COc2ccc(Cl)cc2)OC1=O. The number of halogens is 1. The maximum Gasteiger partial charge on any atom is 0.337 e. The predicted molar refractivity (Wildman–Crippen MR) is 57.4 cm³/mol. The summed E-state index contributed by atoms with van der Waals surface area (Å²) in [6.45, 7) is 1.82. The molecule has 0 saturated carbocycles. The van der Waals surface area contributed by atoms with Gasteiger partial charge in [0.2, 0.25) is 6.29 Å². The second-order valence-electron chi connectivity index (χ2n) is 3.41. The number of carbonyl (C=O) groups excluding carboxylic acids is 1. The van der Waals surface area contributed by atoms with Crippen molar-refractivity contribution >= 4 is 17.6 Å². The molecule has 0 unspecified atom stereocenters. The molecule has 0 N–H and O–H groups in total. The van der Waals surface area contributed by atoms with Crippen molar-refractivity contribution in [3.8, 4) is 5.75 Å². The molecular formula is C11H11ClO4. The average Bonchev–Trinajstić information content (AvgIpc) is 2.58. The minimum absolute atomic E-state index is 0.178. The van der Waals surface area contributed by atoms with Gasteiger partial charge in [-0.1, -0.05) is 11.6 Å². The summed E-state index contributed by atoms with van der Waals surface area (Å²) in [5, 5.41) is 0.643. The summed E-state index contributed by atoms with van der Waals surface area (Å²) in [6.07, 6.45) is -1.14. The molecule has 0 radical (unpaired) electrons. The molecule has 0 spiro atoms. The van der Waals surface area contributed by atoms with Crippen LogP contribution in [0.5, 0.6) is 5.75 Å². The summed E-state index contributed by atoms with van der Waals surface area (Å²) in [7, 11) is 0. The number of hydrogen-bond acceptors (Lipinski definition) is 4. The van der Waals surface area contributed by atoms with Gasteiger partial charge in [-0.15, -0.1) is 0 Å². The lowest BCUT2D eigenvalue weighted by Gasteiger charge is -2.10. The van der Waals surface area contributed by atoms with Crippen molar-refractivity contribution in [2.45, 2.75) is 19.3 Å². The van der Waals surface area contributed by atoms with Gasteiger partial charge in [-0.25, -0.2) is 4.79 Å². The molecule has 1 heterocycles. The Morgan fingerprint density at radius 2 is 2.06 bits per heavy atom. The molecule has 1 aromatic rings. The molecule has 1 saturated heterocycles. The number of benzene rings is 1. The highest BCUT2D eigenvalue weighted by atomic mass is 35.5. The van der Waals surface area contributed by atoms with Crippen LogP contribution in [0.2, 0.25) is 5.02 Å². The van der Waals surface area contributed by atoms with E-state index in [-0.39, 0.29) is 12.6 Å². The van der Waals surface area contributed by atoms with E-state index in [0.717, 1.165) is 0 Å². The Balaban J connectivity index is 1.84. The highest BCUT2D eigenvalue weighted by molar-refractivity contribution is 6.30. The molecule has 0 aromatic heterocycles. The molecule has 5 heteroatoms. The Bertz CT molecular complexity index is 376. The molecule has 0 aliphatic carbocycles. The fourth-order valence-corrected chi connectivity index (χ4v) is 1.43. The van der Waals surface area contributed by atoms with Gasteiger partial charge in [-0.2, -0.15) is 0 Å². The van der Waals surface area contributed by atoms with E-state index in [0.29, 0.717) is 10.8 Å². The summed E-state index contributed by atoms with van der Waals surface area (Å²) in [5.41, 5.74) is 0. The van der Waals surface area contributed by atoms with Crippen LogP contribution in [0, 0.1) is 0 Å². The zero-order valence-corrected chi connectivity index (χ0v) is 9.44. The van der Waals surface area contributed by atoms with E-state index in [4.69, 9.17) is 25.8 Å². The molecule has 0 bridgehead atoms. The van der Waals surface area contributed by atoms with Gasteiger partial charge in [0.15, 0.2) is 12.7 Å². The summed E-state index contributed by atoms with van der Waals surface area (Å²) < 4.78 is 15.5. The van der Waals surface area contributed by atoms with Crippen LogP contribution in [0.1, 0.15) is 6.92 Å². The first kappa shape index (κ1) is 11.2. The highest BCUT2D eigenvalue weighted by Crippen LogP contribution is 2.18. The first-order chi connectivity index (χ1) is 7.65. The van der Waals surface area contributed by atoms with E-state index in [1.165, 1.54) is 0 Å². The van der Waals surface area contributed by atoms with Crippen molar-refractivity contribution in [2.75, 3.05) is 6.61 Å². The molecule has 4 nitrogen and oxygen atoms in total. The van der Waals surface area contributed by atoms with E-state index < -0.39 is 12.4 Å². The van der Waals surface area contributed by atoms with Crippen molar-refractivity contribution in [3.05, 3.63) is 29.3 Å². The largest absolute Gasteiger partial charge is 0.487 e. The van der Waals surface area contributed by atoms with E-state index in [1.54, 1.807) is 31.2 Å². The third-order valence-electron chi connectivity index (χ3n) is 2.14. The lowest BCUT2D eigenvalue weighted by atomic mass is 10.3. The summed E-state index contributed by atoms with van der Waals surface area (Å²) in [4.78, 5) is 11.0. The zero-order chi connectivity index (χ0) is 11.5. The molecule has 0 amide bonds. The van der Waals surface area contributed by atoms with Gasteiger partial charge in [-0.3, -0.25) is 0 Å². The van der Waals surface area contributed by atoms with Crippen LogP contribution in [0.4, 0.5) is 0 Å². The lowest BCUT2D eigenvalue weighted by Crippen LogP contribution is -2.19. The average molecular weight is 243 g/mol. The van der Waals surface area contributed by atoms with Crippen molar-refractivity contribution in [2.24, 2.45) is 0 Å². The zero-order valence-electron chi connectivity index (χ0n) is 8.68. The molecule has 16 heavy (non-hydrogen) atoms. The van der Waals surface area contributed by atoms with Crippen LogP contribution in [0.25, 0.3) is 0 Å². The summed E-state index contributed by atoms with van der Waals surface area (Å²) in [5.74, 6) is 0.299. The monoisotopic (exact) mass is 242 g/mol. The Morgan fingerprint density at radius 3 is 2.62 bits per heavy atom. The summed E-state index contributed by atoms with van der Waals surface area (Å²) >= 11 is 5.73. The fourth-order valence-electron chi connectivity index (χ4n) is 1.30. The number of cyclic esters (lactones) is 1. The van der Waals surface area contributed by atoms with E-state index >= 15 is 0 Å². The number of esters is 1. The predicted octanol–water partition coefficient (Wildman–Crippen LogP) is 2.01. The van der Waals surface area contributed by atoms with E-state index in [9.17, 15) is 4.79 Å². The van der Waals surface area contributed by atoms with Gasteiger partial charge in [0.25, 0.3) is 0 Å². The maximum atomic E-state index is 11.0. The minimum atomic E-state index is -0.627. The molecule has 2 atom stereocenters. The van der Waals surface area contributed by atoms with Crippen molar-refractivity contribution in [3.63, 3.8) is 0 Å².